The monoisotopic (exact) mass is 269 g/mol. The number of ether oxygens (including phenoxy) is 1. The van der Waals surface area contributed by atoms with E-state index < -0.39 is 5.60 Å². The van der Waals surface area contributed by atoms with Gasteiger partial charge in [-0.05, 0) is 57.5 Å². The van der Waals surface area contributed by atoms with Crippen molar-refractivity contribution in [2.24, 2.45) is 0 Å². The molecule has 0 saturated heterocycles. The molecule has 0 spiro atoms. The maximum Gasteiger partial charge on any atom is 0.331 e. The molecule has 3 heteroatoms. The Morgan fingerprint density at radius 2 is 2.00 bits per heavy atom. The summed E-state index contributed by atoms with van der Waals surface area (Å²) in [6, 6.07) is 8.11. The van der Waals surface area contributed by atoms with E-state index in [1.54, 1.807) is 12.3 Å². The Morgan fingerprint density at radius 3 is 2.70 bits per heavy atom. The third kappa shape index (κ3) is 3.92. The smallest absolute Gasteiger partial charge is 0.331 e. The van der Waals surface area contributed by atoms with Crippen molar-refractivity contribution >= 4 is 22.9 Å². The van der Waals surface area contributed by atoms with Crippen LogP contribution in [0, 0.1) is 6.92 Å². The number of benzene rings is 1. The zero-order valence-electron chi connectivity index (χ0n) is 12.3. The molecule has 2 aromatic rings. The van der Waals surface area contributed by atoms with Gasteiger partial charge in [0, 0.05) is 17.7 Å². The highest BCUT2D eigenvalue weighted by atomic mass is 16.6. The molecule has 0 atom stereocenters. The Hall–Kier alpha value is -2.16. The van der Waals surface area contributed by atoms with Crippen LogP contribution in [0.5, 0.6) is 0 Å². The lowest BCUT2D eigenvalue weighted by Gasteiger charge is -2.17. The highest BCUT2D eigenvalue weighted by Crippen LogP contribution is 2.16. The Bertz CT molecular complexity index is 666. The van der Waals surface area contributed by atoms with Crippen molar-refractivity contribution in [3.63, 3.8) is 0 Å². The van der Waals surface area contributed by atoms with E-state index in [2.05, 4.69) is 11.1 Å². The normalized spacial score (nSPS) is 12.0. The summed E-state index contributed by atoms with van der Waals surface area (Å²) in [5, 5.41) is 1.07. The van der Waals surface area contributed by atoms with Crippen molar-refractivity contribution in [3.05, 3.63) is 47.7 Å². The molecule has 20 heavy (non-hydrogen) atoms. The van der Waals surface area contributed by atoms with Crippen molar-refractivity contribution < 1.29 is 9.53 Å². The van der Waals surface area contributed by atoms with Crippen LogP contribution in [0.1, 0.15) is 31.9 Å². The second-order valence-electron chi connectivity index (χ2n) is 5.83. The predicted molar refractivity (Wildman–Crippen MR) is 81.4 cm³/mol. The minimum atomic E-state index is -0.472. The number of pyridine rings is 1. The van der Waals surface area contributed by atoms with Gasteiger partial charge in [-0.3, -0.25) is 4.98 Å². The van der Waals surface area contributed by atoms with Gasteiger partial charge in [0.2, 0.25) is 0 Å². The highest BCUT2D eigenvalue weighted by molar-refractivity contribution is 5.88. The molecular formula is C17H19NO2. The molecule has 0 N–H and O–H groups in total. The van der Waals surface area contributed by atoms with Crippen LogP contribution in [0.25, 0.3) is 17.0 Å². The summed E-state index contributed by atoms with van der Waals surface area (Å²) in [7, 11) is 0. The van der Waals surface area contributed by atoms with E-state index in [1.165, 1.54) is 11.6 Å². The van der Waals surface area contributed by atoms with Crippen molar-refractivity contribution in [3.8, 4) is 0 Å². The summed E-state index contributed by atoms with van der Waals surface area (Å²) in [6.07, 6.45) is 4.91. The standard InChI is InChI=1S/C17H19NO2/c1-12-5-7-15-14(9-12)10-13(11-18-15)6-8-16(19)20-17(2,3)4/h5-11H,1-4H3/b8-6+. The Balaban J connectivity index is 2.19. The van der Waals surface area contributed by atoms with Gasteiger partial charge in [0.1, 0.15) is 5.60 Å². The molecule has 0 radical (unpaired) electrons. The summed E-state index contributed by atoms with van der Waals surface area (Å²) in [5.41, 5.74) is 2.55. The first kappa shape index (κ1) is 14.3. The molecule has 104 valence electrons. The number of carbonyl (C=O) groups is 1. The quantitative estimate of drug-likeness (QED) is 0.613. The molecule has 0 unspecified atom stereocenters. The molecule has 0 aliphatic rings. The van der Waals surface area contributed by atoms with Crippen LogP contribution in [0.3, 0.4) is 0 Å². The summed E-state index contributed by atoms with van der Waals surface area (Å²) >= 11 is 0. The van der Waals surface area contributed by atoms with Crippen molar-refractivity contribution in [1.82, 2.24) is 4.98 Å². The van der Waals surface area contributed by atoms with Crippen LogP contribution in [0.4, 0.5) is 0 Å². The van der Waals surface area contributed by atoms with E-state index in [4.69, 9.17) is 4.74 Å². The van der Waals surface area contributed by atoms with Crippen LogP contribution in [0.15, 0.2) is 36.5 Å². The maximum absolute atomic E-state index is 11.6. The zero-order chi connectivity index (χ0) is 14.8. The zero-order valence-corrected chi connectivity index (χ0v) is 12.3. The maximum atomic E-state index is 11.6. The van der Waals surface area contributed by atoms with Gasteiger partial charge in [-0.2, -0.15) is 0 Å². The van der Waals surface area contributed by atoms with Crippen molar-refractivity contribution in [2.75, 3.05) is 0 Å². The van der Waals surface area contributed by atoms with Crippen LogP contribution < -0.4 is 0 Å². The van der Waals surface area contributed by atoms with E-state index in [-0.39, 0.29) is 5.97 Å². The molecule has 0 amide bonds. The third-order valence-electron chi connectivity index (χ3n) is 2.68. The van der Waals surface area contributed by atoms with Gasteiger partial charge in [0.15, 0.2) is 0 Å². The second-order valence-corrected chi connectivity index (χ2v) is 5.83. The second kappa shape index (κ2) is 5.45. The average Bonchev–Trinajstić information content (AvgIpc) is 2.33. The van der Waals surface area contributed by atoms with E-state index in [1.807, 2.05) is 45.9 Å². The molecule has 1 heterocycles. The van der Waals surface area contributed by atoms with E-state index in [9.17, 15) is 4.79 Å². The van der Waals surface area contributed by atoms with Gasteiger partial charge in [-0.1, -0.05) is 11.6 Å². The summed E-state index contributed by atoms with van der Waals surface area (Å²) < 4.78 is 5.22. The third-order valence-corrected chi connectivity index (χ3v) is 2.68. The number of carbonyl (C=O) groups excluding carboxylic acids is 1. The van der Waals surface area contributed by atoms with Gasteiger partial charge in [0.25, 0.3) is 0 Å². The molecule has 3 nitrogen and oxygen atoms in total. The molecule has 1 aromatic carbocycles. The lowest BCUT2D eigenvalue weighted by molar-refractivity contribution is -0.148. The molecule has 0 fully saturated rings. The Morgan fingerprint density at radius 1 is 1.25 bits per heavy atom. The number of esters is 1. The van der Waals surface area contributed by atoms with Crippen molar-refractivity contribution in [1.29, 1.82) is 0 Å². The predicted octanol–water partition coefficient (Wildman–Crippen LogP) is 3.90. The van der Waals surface area contributed by atoms with E-state index in [0.29, 0.717) is 0 Å². The molecule has 2 rings (SSSR count). The number of aromatic nitrogens is 1. The van der Waals surface area contributed by atoms with Crippen molar-refractivity contribution in [2.45, 2.75) is 33.3 Å². The number of rotatable bonds is 2. The molecule has 0 bridgehead atoms. The number of fused-ring (bicyclic) bond motifs is 1. The SMILES string of the molecule is Cc1ccc2ncc(/C=C/C(=O)OC(C)(C)C)cc2c1. The minimum Gasteiger partial charge on any atom is -0.457 e. The van der Waals surface area contributed by atoms with Gasteiger partial charge in [-0.25, -0.2) is 4.79 Å². The molecule has 0 saturated carbocycles. The lowest BCUT2D eigenvalue weighted by Crippen LogP contribution is -2.22. The number of aryl methyl sites for hydroxylation is 1. The average molecular weight is 269 g/mol. The first-order chi connectivity index (χ1) is 9.33. The number of nitrogens with zero attached hydrogens (tertiary/aromatic N) is 1. The van der Waals surface area contributed by atoms with Crippen LogP contribution in [-0.2, 0) is 9.53 Å². The summed E-state index contributed by atoms with van der Waals surface area (Å²) in [6.45, 7) is 7.58. The Kier molecular flexibility index (Phi) is 3.89. The first-order valence-corrected chi connectivity index (χ1v) is 6.61. The fraction of sp³-hybridized carbons (Fsp3) is 0.294. The van der Waals surface area contributed by atoms with Gasteiger partial charge < -0.3 is 4.74 Å². The summed E-state index contributed by atoms with van der Waals surface area (Å²) in [5.74, 6) is -0.346. The van der Waals surface area contributed by atoms with Crippen LogP contribution in [0.2, 0.25) is 0 Å². The fourth-order valence-corrected chi connectivity index (χ4v) is 1.86. The molecular weight excluding hydrogens is 250 g/mol. The topological polar surface area (TPSA) is 39.2 Å². The Labute approximate surface area is 119 Å². The minimum absolute atomic E-state index is 0.346. The first-order valence-electron chi connectivity index (χ1n) is 6.61. The van der Waals surface area contributed by atoms with Gasteiger partial charge in [-0.15, -0.1) is 0 Å². The molecule has 0 aliphatic carbocycles. The largest absolute Gasteiger partial charge is 0.457 e. The fourth-order valence-electron chi connectivity index (χ4n) is 1.86. The number of hydrogen-bond acceptors (Lipinski definition) is 3. The molecule has 0 aliphatic heterocycles. The van der Waals surface area contributed by atoms with E-state index >= 15 is 0 Å². The molecule has 1 aromatic heterocycles. The van der Waals surface area contributed by atoms with Gasteiger partial charge >= 0.3 is 5.97 Å². The van der Waals surface area contributed by atoms with Crippen LogP contribution in [-0.4, -0.2) is 16.6 Å². The van der Waals surface area contributed by atoms with Gasteiger partial charge in [0.05, 0.1) is 5.52 Å². The highest BCUT2D eigenvalue weighted by Gasteiger charge is 2.13. The van der Waals surface area contributed by atoms with Crippen LogP contribution >= 0.6 is 0 Å². The summed E-state index contributed by atoms with van der Waals surface area (Å²) in [4.78, 5) is 16.0. The number of hydrogen-bond donors (Lipinski definition) is 0. The van der Waals surface area contributed by atoms with E-state index in [0.717, 1.165) is 16.5 Å². The lowest BCUT2D eigenvalue weighted by atomic mass is 10.1.